The first kappa shape index (κ1) is 12.7. The van der Waals surface area contributed by atoms with Crippen molar-refractivity contribution in [2.75, 3.05) is 5.73 Å². The maximum atomic E-state index is 6.21. The Hall–Kier alpha value is -2.29. The number of aromatic nitrogens is 2. The number of benzene rings is 2. The summed E-state index contributed by atoms with van der Waals surface area (Å²) in [6.07, 6.45) is 2.02. The van der Waals surface area contributed by atoms with E-state index in [-0.39, 0.29) is 0 Å². The van der Waals surface area contributed by atoms with E-state index >= 15 is 0 Å². The topological polar surface area (TPSA) is 43.8 Å². The fourth-order valence-corrected chi connectivity index (χ4v) is 2.56. The molecule has 20 heavy (non-hydrogen) atoms. The van der Waals surface area contributed by atoms with Crippen molar-refractivity contribution in [1.82, 2.24) is 9.55 Å². The van der Waals surface area contributed by atoms with Gasteiger partial charge in [-0.2, -0.15) is 0 Å². The number of nitrogens with two attached hydrogens (primary N) is 1. The molecule has 0 aliphatic heterocycles. The number of imidazole rings is 1. The van der Waals surface area contributed by atoms with E-state index in [1.165, 1.54) is 10.8 Å². The quantitative estimate of drug-likeness (QED) is 0.783. The molecule has 0 aliphatic rings. The average Bonchev–Trinajstić information content (AvgIpc) is 2.76. The number of rotatable bonds is 3. The zero-order chi connectivity index (χ0) is 14.1. The van der Waals surface area contributed by atoms with E-state index in [0.717, 1.165) is 35.7 Å². The van der Waals surface area contributed by atoms with Crippen LogP contribution in [0.2, 0.25) is 0 Å². The molecule has 0 spiro atoms. The number of nitrogens with zero attached hydrogens (tertiary/aromatic N) is 2. The Morgan fingerprint density at radius 3 is 2.60 bits per heavy atom. The number of fused-ring (bicyclic) bond motifs is 1. The Bertz CT molecular complexity index is 756. The second-order valence-corrected chi connectivity index (χ2v) is 5.13. The lowest BCUT2D eigenvalue weighted by molar-refractivity contribution is 0.764. The summed E-state index contributed by atoms with van der Waals surface area (Å²) in [6.45, 7) is 2.15. The molecule has 3 rings (SSSR count). The van der Waals surface area contributed by atoms with Crippen molar-refractivity contribution in [3.8, 4) is 11.3 Å². The van der Waals surface area contributed by atoms with Gasteiger partial charge < -0.3 is 10.3 Å². The normalized spacial score (nSPS) is 11.1. The Labute approximate surface area is 119 Å². The standard InChI is InChI=1S/C17H19N3/c1-3-6-15-19-16(17(18)20(15)2)14-10-9-12-7-4-5-8-13(12)11-14/h4-5,7-11H,3,6,18H2,1-2H3. The van der Waals surface area contributed by atoms with Gasteiger partial charge in [0, 0.05) is 19.0 Å². The summed E-state index contributed by atoms with van der Waals surface area (Å²) in [5, 5.41) is 2.45. The molecule has 1 aromatic heterocycles. The van der Waals surface area contributed by atoms with Crippen molar-refractivity contribution in [2.45, 2.75) is 19.8 Å². The van der Waals surface area contributed by atoms with Crippen LogP contribution in [0.4, 0.5) is 5.82 Å². The van der Waals surface area contributed by atoms with E-state index < -0.39 is 0 Å². The molecular formula is C17H19N3. The van der Waals surface area contributed by atoms with Crippen LogP contribution >= 0.6 is 0 Å². The van der Waals surface area contributed by atoms with Crippen LogP contribution in [-0.2, 0) is 13.5 Å². The summed E-state index contributed by atoms with van der Waals surface area (Å²) < 4.78 is 1.99. The monoisotopic (exact) mass is 265 g/mol. The first-order valence-electron chi connectivity index (χ1n) is 7.01. The second kappa shape index (κ2) is 5.00. The molecule has 102 valence electrons. The molecule has 3 aromatic rings. The van der Waals surface area contributed by atoms with Crippen LogP contribution in [0, 0.1) is 0 Å². The Morgan fingerprint density at radius 2 is 1.85 bits per heavy atom. The Morgan fingerprint density at radius 1 is 1.10 bits per heavy atom. The summed E-state index contributed by atoms with van der Waals surface area (Å²) in [5.74, 6) is 1.79. The van der Waals surface area contributed by atoms with Gasteiger partial charge in [-0.15, -0.1) is 0 Å². The fourth-order valence-electron chi connectivity index (χ4n) is 2.56. The van der Waals surface area contributed by atoms with Crippen LogP contribution in [0.5, 0.6) is 0 Å². The maximum absolute atomic E-state index is 6.21. The van der Waals surface area contributed by atoms with Gasteiger partial charge in [0.1, 0.15) is 17.3 Å². The number of aryl methyl sites for hydroxylation is 1. The van der Waals surface area contributed by atoms with E-state index in [2.05, 4.69) is 49.4 Å². The van der Waals surface area contributed by atoms with Crippen LogP contribution in [0.3, 0.4) is 0 Å². The molecule has 2 N–H and O–H groups in total. The number of nitrogen functional groups attached to an aromatic ring is 1. The zero-order valence-electron chi connectivity index (χ0n) is 11.9. The molecule has 0 bridgehead atoms. The SMILES string of the molecule is CCCc1nc(-c2ccc3ccccc3c2)c(N)n1C. The number of hydrogen-bond donors (Lipinski definition) is 1. The van der Waals surface area contributed by atoms with E-state index in [0.29, 0.717) is 0 Å². The predicted molar refractivity (Wildman–Crippen MR) is 84.6 cm³/mol. The van der Waals surface area contributed by atoms with Crippen LogP contribution in [0.25, 0.3) is 22.0 Å². The first-order valence-corrected chi connectivity index (χ1v) is 7.01. The van der Waals surface area contributed by atoms with Gasteiger partial charge in [0.15, 0.2) is 0 Å². The minimum absolute atomic E-state index is 0.740. The zero-order valence-corrected chi connectivity index (χ0v) is 11.9. The van der Waals surface area contributed by atoms with Crippen molar-refractivity contribution >= 4 is 16.6 Å². The van der Waals surface area contributed by atoms with Crippen molar-refractivity contribution in [1.29, 1.82) is 0 Å². The summed E-state index contributed by atoms with van der Waals surface area (Å²) in [5.41, 5.74) is 8.18. The fraction of sp³-hybridized carbons (Fsp3) is 0.235. The highest BCUT2D eigenvalue weighted by atomic mass is 15.1. The van der Waals surface area contributed by atoms with Gasteiger partial charge in [-0.05, 0) is 23.3 Å². The molecule has 2 aromatic carbocycles. The van der Waals surface area contributed by atoms with Crippen LogP contribution in [0.1, 0.15) is 19.2 Å². The molecular weight excluding hydrogens is 246 g/mol. The smallest absolute Gasteiger partial charge is 0.131 e. The molecule has 3 nitrogen and oxygen atoms in total. The summed E-state index contributed by atoms with van der Waals surface area (Å²) >= 11 is 0. The lowest BCUT2D eigenvalue weighted by Gasteiger charge is -2.03. The minimum atomic E-state index is 0.740. The highest BCUT2D eigenvalue weighted by Crippen LogP contribution is 2.28. The third-order valence-corrected chi connectivity index (χ3v) is 3.73. The molecule has 0 amide bonds. The summed E-state index contributed by atoms with van der Waals surface area (Å²) in [6, 6.07) is 14.7. The summed E-state index contributed by atoms with van der Waals surface area (Å²) in [7, 11) is 1.98. The molecule has 0 fully saturated rings. The molecule has 0 unspecified atom stereocenters. The molecule has 0 saturated carbocycles. The molecule has 0 saturated heterocycles. The summed E-state index contributed by atoms with van der Waals surface area (Å²) in [4.78, 5) is 4.71. The van der Waals surface area contributed by atoms with E-state index in [4.69, 9.17) is 10.7 Å². The van der Waals surface area contributed by atoms with E-state index in [1.807, 2.05) is 11.6 Å². The van der Waals surface area contributed by atoms with Crippen molar-refractivity contribution < 1.29 is 0 Å². The van der Waals surface area contributed by atoms with Crippen LogP contribution in [0.15, 0.2) is 42.5 Å². The van der Waals surface area contributed by atoms with Crippen LogP contribution in [-0.4, -0.2) is 9.55 Å². The number of hydrogen-bond acceptors (Lipinski definition) is 2. The molecule has 1 heterocycles. The second-order valence-electron chi connectivity index (χ2n) is 5.13. The molecule has 0 atom stereocenters. The van der Waals surface area contributed by atoms with Crippen LogP contribution < -0.4 is 5.73 Å². The minimum Gasteiger partial charge on any atom is -0.383 e. The van der Waals surface area contributed by atoms with Gasteiger partial charge in [0.2, 0.25) is 0 Å². The predicted octanol–water partition coefficient (Wildman–Crippen LogP) is 3.78. The third kappa shape index (κ3) is 2.05. The van der Waals surface area contributed by atoms with Gasteiger partial charge in [0.25, 0.3) is 0 Å². The van der Waals surface area contributed by atoms with Gasteiger partial charge in [-0.25, -0.2) is 4.98 Å². The lowest BCUT2D eigenvalue weighted by atomic mass is 10.1. The molecule has 3 heteroatoms. The third-order valence-electron chi connectivity index (χ3n) is 3.73. The number of anilines is 1. The highest BCUT2D eigenvalue weighted by molar-refractivity contribution is 5.88. The van der Waals surface area contributed by atoms with Crippen molar-refractivity contribution in [2.24, 2.45) is 7.05 Å². The first-order chi connectivity index (χ1) is 9.70. The van der Waals surface area contributed by atoms with Gasteiger partial charge >= 0.3 is 0 Å². The average molecular weight is 265 g/mol. The van der Waals surface area contributed by atoms with Crippen molar-refractivity contribution in [3.63, 3.8) is 0 Å². The maximum Gasteiger partial charge on any atom is 0.131 e. The molecule has 0 aliphatic carbocycles. The Kier molecular flexibility index (Phi) is 3.18. The Balaban J connectivity index is 2.13. The van der Waals surface area contributed by atoms with Crippen molar-refractivity contribution in [3.05, 3.63) is 48.3 Å². The lowest BCUT2D eigenvalue weighted by Crippen LogP contribution is -2.01. The van der Waals surface area contributed by atoms with E-state index in [1.54, 1.807) is 0 Å². The van der Waals surface area contributed by atoms with Gasteiger partial charge in [0.05, 0.1) is 0 Å². The van der Waals surface area contributed by atoms with Gasteiger partial charge in [-0.1, -0.05) is 43.3 Å². The highest BCUT2D eigenvalue weighted by Gasteiger charge is 2.13. The molecule has 0 radical (unpaired) electrons. The van der Waals surface area contributed by atoms with Gasteiger partial charge in [-0.3, -0.25) is 0 Å². The largest absolute Gasteiger partial charge is 0.383 e. The van der Waals surface area contributed by atoms with E-state index in [9.17, 15) is 0 Å².